The largest absolute Gasteiger partial charge is 0.374 e. The number of benzene rings is 1. The highest BCUT2D eigenvalue weighted by Gasteiger charge is 2.24. The van der Waals surface area contributed by atoms with Gasteiger partial charge in [-0.25, -0.2) is 0 Å². The van der Waals surface area contributed by atoms with Crippen molar-refractivity contribution < 1.29 is 0 Å². The number of nitrogens with zero attached hydrogens (tertiary/aromatic N) is 1. The van der Waals surface area contributed by atoms with Gasteiger partial charge in [-0.05, 0) is 25.0 Å². The van der Waals surface area contributed by atoms with Gasteiger partial charge in [-0.3, -0.25) is 0 Å². The van der Waals surface area contributed by atoms with Crippen molar-refractivity contribution in [3.63, 3.8) is 0 Å². The molecule has 1 aromatic rings. The molecule has 0 spiro atoms. The summed E-state index contributed by atoms with van der Waals surface area (Å²) in [7, 11) is 2.18. The Morgan fingerprint density at radius 3 is 2.92 bits per heavy atom. The summed E-state index contributed by atoms with van der Waals surface area (Å²) in [5.41, 5.74) is 4.36. The lowest BCUT2D eigenvalue weighted by atomic mass is 9.97. The van der Waals surface area contributed by atoms with Gasteiger partial charge < -0.3 is 4.90 Å². The molecule has 2 rings (SSSR count). The fourth-order valence-electron chi connectivity index (χ4n) is 2.22. The first-order valence-electron chi connectivity index (χ1n) is 5.04. The van der Waals surface area contributed by atoms with Gasteiger partial charge >= 0.3 is 0 Å². The molecule has 0 aliphatic carbocycles. The van der Waals surface area contributed by atoms with Crippen molar-refractivity contribution in [3.05, 3.63) is 29.3 Å². The van der Waals surface area contributed by atoms with E-state index in [9.17, 15) is 0 Å². The molecule has 1 heterocycles. The SMILES string of the molecule is CCC1CN(C)c2ccc(C)cc21. The molecule has 1 atom stereocenters. The molecule has 1 heteroatoms. The molecule has 0 radical (unpaired) electrons. The van der Waals surface area contributed by atoms with E-state index in [1.54, 1.807) is 5.56 Å². The van der Waals surface area contributed by atoms with Crippen LogP contribution in [0.5, 0.6) is 0 Å². The van der Waals surface area contributed by atoms with Gasteiger partial charge in [0, 0.05) is 25.2 Å². The Labute approximate surface area is 80.4 Å². The number of aryl methyl sites for hydroxylation is 1. The second-order valence-electron chi connectivity index (χ2n) is 4.05. The highest BCUT2D eigenvalue weighted by Crippen LogP contribution is 2.37. The average Bonchev–Trinajstić information content (AvgIpc) is 2.42. The third-order valence-electron chi connectivity index (χ3n) is 3.02. The van der Waals surface area contributed by atoms with E-state index in [1.165, 1.54) is 24.2 Å². The summed E-state index contributed by atoms with van der Waals surface area (Å²) in [5, 5.41) is 0. The number of likely N-dealkylation sites (N-methyl/N-ethyl adjacent to an activating group) is 1. The Morgan fingerprint density at radius 1 is 1.46 bits per heavy atom. The van der Waals surface area contributed by atoms with Crippen LogP contribution in [0.15, 0.2) is 18.2 Å². The van der Waals surface area contributed by atoms with Crippen LogP contribution < -0.4 is 4.90 Å². The number of anilines is 1. The van der Waals surface area contributed by atoms with Gasteiger partial charge in [0.15, 0.2) is 0 Å². The standard InChI is InChI=1S/C12H17N/c1-4-10-8-13(3)12-6-5-9(2)7-11(10)12/h5-7,10H,4,8H2,1-3H3. The normalized spacial score (nSPS) is 20.5. The monoisotopic (exact) mass is 175 g/mol. The molecule has 1 aromatic carbocycles. The Hall–Kier alpha value is -0.980. The van der Waals surface area contributed by atoms with Gasteiger partial charge in [-0.1, -0.05) is 24.6 Å². The van der Waals surface area contributed by atoms with Crippen LogP contribution in [-0.4, -0.2) is 13.6 Å². The van der Waals surface area contributed by atoms with Crippen molar-refractivity contribution in [2.24, 2.45) is 0 Å². The van der Waals surface area contributed by atoms with Crippen LogP contribution in [0, 0.1) is 6.92 Å². The highest BCUT2D eigenvalue weighted by atomic mass is 15.1. The average molecular weight is 175 g/mol. The van der Waals surface area contributed by atoms with E-state index in [0.29, 0.717) is 0 Å². The maximum Gasteiger partial charge on any atom is 0.0400 e. The third kappa shape index (κ3) is 1.32. The molecule has 0 saturated carbocycles. The van der Waals surface area contributed by atoms with Crippen LogP contribution in [0.25, 0.3) is 0 Å². The molecule has 0 bridgehead atoms. The number of hydrogen-bond donors (Lipinski definition) is 0. The highest BCUT2D eigenvalue weighted by molar-refractivity contribution is 5.60. The smallest absolute Gasteiger partial charge is 0.0400 e. The summed E-state index contributed by atoms with van der Waals surface area (Å²) >= 11 is 0. The summed E-state index contributed by atoms with van der Waals surface area (Å²) in [6.07, 6.45) is 1.25. The van der Waals surface area contributed by atoms with E-state index in [4.69, 9.17) is 0 Å². The fourth-order valence-corrected chi connectivity index (χ4v) is 2.22. The van der Waals surface area contributed by atoms with Gasteiger partial charge in [0.25, 0.3) is 0 Å². The molecular formula is C12H17N. The van der Waals surface area contributed by atoms with Crippen LogP contribution in [0.1, 0.15) is 30.4 Å². The predicted octanol–water partition coefficient (Wildman–Crippen LogP) is 2.94. The van der Waals surface area contributed by atoms with E-state index in [-0.39, 0.29) is 0 Å². The minimum Gasteiger partial charge on any atom is -0.374 e. The summed E-state index contributed by atoms with van der Waals surface area (Å²) in [6, 6.07) is 6.79. The Morgan fingerprint density at radius 2 is 2.23 bits per heavy atom. The second-order valence-corrected chi connectivity index (χ2v) is 4.05. The minimum absolute atomic E-state index is 0.750. The maximum atomic E-state index is 2.36. The summed E-state index contributed by atoms with van der Waals surface area (Å²) in [5.74, 6) is 0.750. The quantitative estimate of drug-likeness (QED) is 0.634. The van der Waals surface area contributed by atoms with Crippen molar-refractivity contribution in [2.45, 2.75) is 26.2 Å². The molecule has 70 valence electrons. The van der Waals surface area contributed by atoms with Gasteiger partial charge in [0.1, 0.15) is 0 Å². The molecule has 0 saturated heterocycles. The van der Waals surface area contributed by atoms with Gasteiger partial charge in [0.2, 0.25) is 0 Å². The number of fused-ring (bicyclic) bond motifs is 1. The molecule has 13 heavy (non-hydrogen) atoms. The lowest BCUT2D eigenvalue weighted by Gasteiger charge is -2.11. The molecule has 1 aliphatic heterocycles. The van der Waals surface area contributed by atoms with E-state index in [2.05, 4.69) is 44.0 Å². The van der Waals surface area contributed by atoms with Gasteiger partial charge in [-0.2, -0.15) is 0 Å². The maximum absolute atomic E-state index is 2.36. The van der Waals surface area contributed by atoms with Crippen LogP contribution in [0.3, 0.4) is 0 Å². The van der Waals surface area contributed by atoms with Crippen LogP contribution in [0.4, 0.5) is 5.69 Å². The zero-order chi connectivity index (χ0) is 9.42. The second kappa shape index (κ2) is 3.06. The summed E-state index contributed by atoms with van der Waals surface area (Å²) < 4.78 is 0. The van der Waals surface area contributed by atoms with Crippen molar-refractivity contribution in [2.75, 3.05) is 18.5 Å². The Bertz CT molecular complexity index is 317. The zero-order valence-corrected chi connectivity index (χ0v) is 8.67. The Balaban J connectivity index is 2.46. The molecule has 1 unspecified atom stereocenters. The topological polar surface area (TPSA) is 3.24 Å². The fraction of sp³-hybridized carbons (Fsp3) is 0.500. The zero-order valence-electron chi connectivity index (χ0n) is 8.67. The lowest BCUT2D eigenvalue weighted by Crippen LogP contribution is -2.14. The molecular weight excluding hydrogens is 158 g/mol. The van der Waals surface area contributed by atoms with Crippen molar-refractivity contribution in [1.82, 2.24) is 0 Å². The number of rotatable bonds is 1. The molecule has 0 amide bonds. The Kier molecular flexibility index (Phi) is 2.03. The van der Waals surface area contributed by atoms with Crippen LogP contribution in [-0.2, 0) is 0 Å². The minimum atomic E-state index is 0.750. The summed E-state index contributed by atoms with van der Waals surface area (Å²) in [4.78, 5) is 2.36. The molecule has 0 fully saturated rings. The number of hydrogen-bond acceptors (Lipinski definition) is 1. The van der Waals surface area contributed by atoms with Crippen LogP contribution >= 0.6 is 0 Å². The molecule has 0 N–H and O–H groups in total. The van der Waals surface area contributed by atoms with E-state index in [1.807, 2.05) is 0 Å². The van der Waals surface area contributed by atoms with Gasteiger partial charge in [0.05, 0.1) is 0 Å². The first-order chi connectivity index (χ1) is 6.22. The van der Waals surface area contributed by atoms with Crippen molar-refractivity contribution in [3.8, 4) is 0 Å². The van der Waals surface area contributed by atoms with E-state index in [0.717, 1.165) is 5.92 Å². The molecule has 1 nitrogen and oxygen atoms in total. The summed E-state index contributed by atoms with van der Waals surface area (Å²) in [6.45, 7) is 5.64. The van der Waals surface area contributed by atoms with E-state index >= 15 is 0 Å². The third-order valence-corrected chi connectivity index (χ3v) is 3.02. The lowest BCUT2D eigenvalue weighted by molar-refractivity contribution is 0.696. The van der Waals surface area contributed by atoms with Crippen molar-refractivity contribution >= 4 is 5.69 Å². The predicted molar refractivity (Wildman–Crippen MR) is 57.5 cm³/mol. The van der Waals surface area contributed by atoms with Crippen molar-refractivity contribution in [1.29, 1.82) is 0 Å². The first-order valence-corrected chi connectivity index (χ1v) is 5.04. The van der Waals surface area contributed by atoms with E-state index < -0.39 is 0 Å². The molecule has 1 aliphatic rings. The van der Waals surface area contributed by atoms with Crippen LogP contribution in [0.2, 0.25) is 0 Å². The first kappa shape index (κ1) is 8.61. The van der Waals surface area contributed by atoms with Gasteiger partial charge in [-0.15, -0.1) is 0 Å². The molecule has 0 aromatic heterocycles.